The molecule has 7 nitrogen and oxygen atoms in total. The molecule has 31 heavy (non-hydrogen) atoms. The maximum Gasteiger partial charge on any atom is 0.573 e. The first kappa shape index (κ1) is 18.6. The van der Waals surface area contributed by atoms with E-state index < -0.39 is 6.36 Å². The summed E-state index contributed by atoms with van der Waals surface area (Å²) in [5.41, 5.74) is 2.34. The SMILES string of the molecule is Cn1cnc2c(-c3ccc(OC(F)(F)F)cc3)nc(C3CN(C(=O)C45CC4C5)C3)nc21. The molecule has 10 heteroatoms. The Balaban J connectivity index is 1.30. The van der Waals surface area contributed by atoms with E-state index in [1.807, 2.05) is 11.9 Å². The van der Waals surface area contributed by atoms with Gasteiger partial charge in [-0.25, -0.2) is 15.0 Å². The Labute approximate surface area is 174 Å². The standard InChI is InChI=1S/C21H18F3N5O2/c1-28-10-25-16-15(11-2-4-14(5-3-11)31-21(22,23)24)26-17(27-18(16)28)12-8-29(9-12)19(30)20-6-13(20)7-20/h2-5,10,12-13H,6-9H2,1H3. The molecule has 0 unspecified atom stereocenters. The van der Waals surface area contributed by atoms with Crippen molar-refractivity contribution in [3.05, 3.63) is 36.4 Å². The first-order valence-electron chi connectivity index (χ1n) is 10.1. The molecule has 6 rings (SSSR count). The van der Waals surface area contributed by atoms with Crippen molar-refractivity contribution in [2.24, 2.45) is 18.4 Å². The average Bonchev–Trinajstić information content (AvgIpc) is 3.51. The summed E-state index contributed by atoms with van der Waals surface area (Å²) in [5, 5.41) is 0. The van der Waals surface area contributed by atoms with Crippen LogP contribution in [0.1, 0.15) is 24.6 Å². The molecule has 160 valence electrons. The van der Waals surface area contributed by atoms with Crippen molar-refractivity contribution in [1.29, 1.82) is 0 Å². The molecule has 2 aromatic heterocycles. The first-order chi connectivity index (χ1) is 14.7. The molecule has 0 bridgehead atoms. The number of aromatic nitrogens is 4. The molecular weight excluding hydrogens is 411 g/mol. The number of hydrogen-bond acceptors (Lipinski definition) is 5. The number of alkyl halides is 3. The number of halogens is 3. The molecule has 1 aromatic carbocycles. The monoisotopic (exact) mass is 429 g/mol. The molecule has 0 atom stereocenters. The lowest BCUT2D eigenvalue weighted by atomic mass is 9.96. The minimum Gasteiger partial charge on any atom is -0.406 e. The van der Waals surface area contributed by atoms with Gasteiger partial charge in [0.05, 0.1) is 17.7 Å². The summed E-state index contributed by atoms with van der Waals surface area (Å²) < 4.78 is 43.1. The third-order valence-electron chi connectivity index (χ3n) is 6.58. The Morgan fingerprint density at radius 2 is 1.84 bits per heavy atom. The van der Waals surface area contributed by atoms with Gasteiger partial charge in [0, 0.05) is 25.7 Å². The van der Waals surface area contributed by atoms with Gasteiger partial charge in [0.2, 0.25) is 5.91 Å². The normalized spacial score (nSPS) is 24.6. The van der Waals surface area contributed by atoms with Gasteiger partial charge in [-0.2, -0.15) is 0 Å². The van der Waals surface area contributed by atoms with Crippen LogP contribution in [0, 0.1) is 11.3 Å². The number of imidazole rings is 1. The fourth-order valence-electron chi connectivity index (χ4n) is 4.40. The van der Waals surface area contributed by atoms with Gasteiger partial charge in [0.1, 0.15) is 22.8 Å². The third-order valence-corrected chi connectivity index (χ3v) is 6.58. The van der Waals surface area contributed by atoms with E-state index in [1.54, 1.807) is 10.9 Å². The Morgan fingerprint density at radius 3 is 2.45 bits per heavy atom. The van der Waals surface area contributed by atoms with E-state index >= 15 is 0 Å². The molecule has 2 saturated carbocycles. The highest BCUT2D eigenvalue weighted by molar-refractivity contribution is 5.91. The highest BCUT2D eigenvalue weighted by Crippen LogP contribution is 2.76. The fourth-order valence-corrected chi connectivity index (χ4v) is 4.40. The molecule has 3 heterocycles. The number of fused-ring (bicyclic) bond motifs is 2. The van der Waals surface area contributed by atoms with Crippen LogP contribution in [0.4, 0.5) is 13.2 Å². The predicted molar refractivity (Wildman–Crippen MR) is 103 cm³/mol. The van der Waals surface area contributed by atoms with Gasteiger partial charge in [-0.15, -0.1) is 13.2 Å². The number of ether oxygens (including phenoxy) is 1. The largest absolute Gasteiger partial charge is 0.573 e. The van der Waals surface area contributed by atoms with Crippen LogP contribution < -0.4 is 4.74 Å². The molecule has 3 aromatic rings. The second-order valence-corrected chi connectivity index (χ2v) is 8.70. The van der Waals surface area contributed by atoms with E-state index in [4.69, 9.17) is 4.98 Å². The van der Waals surface area contributed by atoms with Gasteiger partial charge in [0.15, 0.2) is 5.65 Å². The Kier molecular flexibility index (Phi) is 3.57. The maximum atomic E-state index is 12.6. The minimum absolute atomic E-state index is 0.0298. The van der Waals surface area contributed by atoms with E-state index in [2.05, 4.69) is 14.7 Å². The molecule has 0 N–H and O–H groups in total. The molecule has 3 fully saturated rings. The summed E-state index contributed by atoms with van der Waals surface area (Å²) in [4.78, 5) is 28.2. The lowest BCUT2D eigenvalue weighted by molar-refractivity contribution is -0.274. The number of aryl methyl sites for hydroxylation is 1. The Bertz CT molecular complexity index is 1210. The molecule has 1 aliphatic heterocycles. The highest BCUT2D eigenvalue weighted by Gasteiger charge is 2.75. The Hall–Kier alpha value is -3.17. The smallest absolute Gasteiger partial charge is 0.406 e. The zero-order chi connectivity index (χ0) is 21.5. The van der Waals surface area contributed by atoms with Gasteiger partial charge in [-0.1, -0.05) is 0 Å². The van der Waals surface area contributed by atoms with Crippen molar-refractivity contribution < 1.29 is 22.7 Å². The number of hydrogen-bond donors (Lipinski definition) is 0. The molecule has 2 aliphatic carbocycles. The molecule has 3 aliphatic rings. The molecule has 0 radical (unpaired) electrons. The van der Waals surface area contributed by atoms with Gasteiger partial charge in [-0.05, 0) is 43.0 Å². The summed E-state index contributed by atoms with van der Waals surface area (Å²) in [5.74, 6) is 1.22. The quantitative estimate of drug-likeness (QED) is 0.637. The molecule has 0 spiro atoms. The van der Waals surface area contributed by atoms with Gasteiger partial charge >= 0.3 is 6.36 Å². The third kappa shape index (κ3) is 2.95. The van der Waals surface area contributed by atoms with Gasteiger partial charge in [-0.3, -0.25) is 4.79 Å². The topological polar surface area (TPSA) is 73.1 Å². The van der Waals surface area contributed by atoms with Crippen LogP contribution in [0.5, 0.6) is 5.75 Å². The first-order valence-corrected chi connectivity index (χ1v) is 10.1. The molecule has 1 saturated heterocycles. The van der Waals surface area contributed by atoms with Crippen molar-refractivity contribution in [2.75, 3.05) is 13.1 Å². The van der Waals surface area contributed by atoms with Crippen LogP contribution in [0.3, 0.4) is 0 Å². The molecule has 1 amide bonds. The van der Waals surface area contributed by atoms with Crippen molar-refractivity contribution in [3.63, 3.8) is 0 Å². The van der Waals surface area contributed by atoms with Crippen molar-refractivity contribution in [2.45, 2.75) is 25.1 Å². The van der Waals surface area contributed by atoms with Crippen LogP contribution in [0.15, 0.2) is 30.6 Å². The van der Waals surface area contributed by atoms with Crippen LogP contribution in [0.2, 0.25) is 0 Å². The van der Waals surface area contributed by atoms with E-state index in [1.165, 1.54) is 24.3 Å². The number of carbonyl (C=O) groups is 1. The van der Waals surface area contributed by atoms with Crippen LogP contribution in [-0.4, -0.2) is 49.8 Å². The van der Waals surface area contributed by atoms with Crippen molar-refractivity contribution in [1.82, 2.24) is 24.4 Å². The lowest BCUT2D eigenvalue weighted by Crippen LogP contribution is -2.50. The van der Waals surface area contributed by atoms with Crippen LogP contribution in [-0.2, 0) is 11.8 Å². The van der Waals surface area contributed by atoms with Crippen molar-refractivity contribution >= 4 is 17.1 Å². The number of benzene rings is 1. The number of carbonyl (C=O) groups excluding carboxylic acids is 1. The van der Waals surface area contributed by atoms with Crippen LogP contribution >= 0.6 is 0 Å². The molecular formula is C21H18F3N5O2. The zero-order valence-electron chi connectivity index (χ0n) is 16.6. The average molecular weight is 429 g/mol. The second kappa shape index (κ2) is 5.95. The summed E-state index contributed by atoms with van der Waals surface area (Å²) in [6.07, 6.45) is -1.05. The van der Waals surface area contributed by atoms with E-state index in [0.717, 1.165) is 12.8 Å². The number of likely N-dealkylation sites (tertiary alicyclic amines) is 1. The van der Waals surface area contributed by atoms with Crippen molar-refractivity contribution in [3.8, 4) is 17.0 Å². The number of nitrogens with zero attached hydrogens (tertiary/aromatic N) is 5. The predicted octanol–water partition coefficient (Wildman–Crippen LogP) is 3.26. The van der Waals surface area contributed by atoms with E-state index in [0.29, 0.717) is 47.3 Å². The van der Waals surface area contributed by atoms with Gasteiger partial charge < -0.3 is 14.2 Å². The lowest BCUT2D eigenvalue weighted by Gasteiger charge is -2.39. The number of rotatable bonds is 4. The maximum absolute atomic E-state index is 12.6. The fraction of sp³-hybridized carbons (Fsp3) is 0.429. The summed E-state index contributed by atoms with van der Waals surface area (Å²) in [6.45, 7) is 1.18. The Morgan fingerprint density at radius 1 is 1.16 bits per heavy atom. The van der Waals surface area contributed by atoms with E-state index in [-0.39, 0.29) is 23.0 Å². The summed E-state index contributed by atoms with van der Waals surface area (Å²) in [6, 6.07) is 5.56. The minimum atomic E-state index is -4.74. The zero-order valence-corrected chi connectivity index (χ0v) is 16.6. The highest BCUT2D eigenvalue weighted by atomic mass is 19.4. The number of amides is 1. The summed E-state index contributed by atoms with van der Waals surface area (Å²) in [7, 11) is 1.83. The summed E-state index contributed by atoms with van der Waals surface area (Å²) >= 11 is 0. The van der Waals surface area contributed by atoms with E-state index in [9.17, 15) is 18.0 Å². The van der Waals surface area contributed by atoms with Crippen LogP contribution in [0.25, 0.3) is 22.4 Å². The van der Waals surface area contributed by atoms with Gasteiger partial charge in [0.25, 0.3) is 0 Å². The second-order valence-electron chi connectivity index (χ2n) is 8.70.